The fourth-order valence-corrected chi connectivity index (χ4v) is 3.69. The summed E-state index contributed by atoms with van der Waals surface area (Å²) in [7, 11) is -0.651. The van der Waals surface area contributed by atoms with Gasteiger partial charge in [0.2, 0.25) is 5.03 Å². The first-order valence-corrected chi connectivity index (χ1v) is 7.16. The average Bonchev–Trinajstić information content (AvgIpc) is 2.77. The highest BCUT2D eigenvalue weighted by molar-refractivity contribution is 7.92. The number of aromatic nitrogens is 2. The van der Waals surface area contributed by atoms with E-state index in [9.17, 15) is 13.5 Å². The summed E-state index contributed by atoms with van der Waals surface area (Å²) < 4.78 is 27.5. The van der Waals surface area contributed by atoms with Gasteiger partial charge in [-0.25, -0.2) is 0 Å². The molecule has 1 aliphatic heterocycles. The molecule has 0 amide bonds. The van der Waals surface area contributed by atoms with Gasteiger partial charge in [-0.3, -0.25) is 8.99 Å². The van der Waals surface area contributed by atoms with Crippen LogP contribution < -0.4 is 4.31 Å². The van der Waals surface area contributed by atoms with E-state index in [1.54, 1.807) is 31.3 Å². The minimum Gasteiger partial charge on any atom is -0.383 e. The topological polar surface area (TPSA) is 75.4 Å². The molecule has 0 saturated carbocycles. The van der Waals surface area contributed by atoms with Crippen molar-refractivity contribution in [2.75, 3.05) is 11.4 Å². The minimum atomic E-state index is -3.74. The number of aliphatic hydroxyl groups is 1. The van der Waals surface area contributed by atoms with E-state index in [0.29, 0.717) is 16.8 Å². The van der Waals surface area contributed by atoms with Crippen LogP contribution in [0.2, 0.25) is 0 Å². The van der Waals surface area contributed by atoms with Crippen molar-refractivity contribution in [2.45, 2.75) is 11.1 Å². The fourth-order valence-electron chi connectivity index (χ4n) is 2.31. The highest BCUT2D eigenvalue weighted by Gasteiger charge is 2.36. The second-order valence-electron chi connectivity index (χ2n) is 4.50. The molecule has 2 aromatic rings. The number of aryl methyl sites for hydroxylation is 1. The third kappa shape index (κ3) is 1.58. The first-order valence-electron chi connectivity index (χ1n) is 5.72. The highest BCUT2D eigenvalue weighted by atomic mass is 32.2. The van der Waals surface area contributed by atoms with Crippen LogP contribution >= 0.6 is 0 Å². The molecule has 1 unspecified atom stereocenters. The Morgan fingerprint density at radius 2 is 1.89 bits per heavy atom. The van der Waals surface area contributed by atoms with Gasteiger partial charge in [0.25, 0.3) is 10.0 Å². The van der Waals surface area contributed by atoms with Gasteiger partial charge in [0.15, 0.2) is 0 Å². The van der Waals surface area contributed by atoms with Crippen molar-refractivity contribution in [1.82, 2.24) is 9.78 Å². The van der Waals surface area contributed by atoms with Crippen LogP contribution in [0.4, 0.5) is 5.69 Å². The summed E-state index contributed by atoms with van der Waals surface area (Å²) in [6, 6.07) is 6.89. The zero-order chi connectivity index (χ0) is 13.8. The van der Waals surface area contributed by atoms with Crippen LogP contribution in [0.5, 0.6) is 0 Å². The molecule has 1 N–H and O–H groups in total. The van der Waals surface area contributed by atoms with Gasteiger partial charge in [-0.05, 0) is 6.07 Å². The van der Waals surface area contributed by atoms with Crippen molar-refractivity contribution in [3.05, 3.63) is 41.6 Å². The Labute approximate surface area is 110 Å². The Kier molecular flexibility index (Phi) is 2.45. The molecule has 19 heavy (non-hydrogen) atoms. The predicted octanol–water partition coefficient (Wildman–Crippen LogP) is 0.640. The first-order chi connectivity index (χ1) is 8.93. The van der Waals surface area contributed by atoms with E-state index >= 15 is 0 Å². The van der Waals surface area contributed by atoms with Crippen molar-refractivity contribution < 1.29 is 13.5 Å². The molecule has 0 spiro atoms. The van der Waals surface area contributed by atoms with E-state index in [4.69, 9.17) is 0 Å². The minimum absolute atomic E-state index is 0.0961. The summed E-state index contributed by atoms with van der Waals surface area (Å²) in [5.74, 6) is 0. The number of para-hydroxylation sites is 1. The molecular formula is C12H13N3O3S. The highest BCUT2D eigenvalue weighted by Crippen LogP contribution is 2.38. The average molecular weight is 279 g/mol. The molecule has 1 aromatic carbocycles. The molecule has 6 nitrogen and oxygen atoms in total. The summed E-state index contributed by atoms with van der Waals surface area (Å²) >= 11 is 0. The van der Waals surface area contributed by atoms with Crippen LogP contribution in [0.1, 0.15) is 17.2 Å². The fraction of sp³-hybridized carbons (Fsp3) is 0.250. The number of aliphatic hydroxyl groups excluding tert-OH is 1. The molecule has 2 heterocycles. The Morgan fingerprint density at radius 1 is 1.21 bits per heavy atom. The lowest BCUT2D eigenvalue weighted by Gasteiger charge is -2.19. The van der Waals surface area contributed by atoms with Gasteiger partial charge >= 0.3 is 0 Å². The number of anilines is 1. The molecule has 0 saturated heterocycles. The number of sulfonamides is 1. The maximum atomic E-state index is 12.5. The van der Waals surface area contributed by atoms with Crippen molar-refractivity contribution in [1.29, 1.82) is 0 Å². The summed E-state index contributed by atoms with van der Waals surface area (Å²) in [5, 5.41) is 14.3. The maximum Gasteiger partial charge on any atom is 0.283 e. The third-order valence-corrected chi connectivity index (χ3v) is 5.02. The van der Waals surface area contributed by atoms with Crippen LogP contribution in [0.3, 0.4) is 0 Å². The second-order valence-corrected chi connectivity index (χ2v) is 6.38. The number of rotatable bonds is 0. The lowest BCUT2D eigenvalue weighted by atomic mass is 10.0. The molecule has 7 heteroatoms. The van der Waals surface area contributed by atoms with Crippen molar-refractivity contribution in [2.24, 2.45) is 7.05 Å². The van der Waals surface area contributed by atoms with Gasteiger partial charge < -0.3 is 5.11 Å². The van der Waals surface area contributed by atoms with E-state index in [2.05, 4.69) is 5.10 Å². The third-order valence-electron chi connectivity index (χ3n) is 3.29. The summed E-state index contributed by atoms with van der Waals surface area (Å²) in [4.78, 5) is 0. The van der Waals surface area contributed by atoms with Gasteiger partial charge in [-0.1, -0.05) is 18.2 Å². The van der Waals surface area contributed by atoms with Gasteiger partial charge in [0.05, 0.1) is 5.69 Å². The first kappa shape index (κ1) is 12.2. The molecular weight excluding hydrogens is 266 g/mol. The van der Waals surface area contributed by atoms with Crippen LogP contribution in [-0.2, 0) is 17.1 Å². The van der Waals surface area contributed by atoms with Crippen LogP contribution in [0.15, 0.2) is 35.5 Å². The van der Waals surface area contributed by atoms with Gasteiger partial charge in [0, 0.05) is 31.4 Å². The number of benzene rings is 1. The number of hydrogen-bond donors (Lipinski definition) is 1. The SMILES string of the molecule is CN1c2ccccc2C(O)c2cn(C)nc2S1(=O)=O. The summed E-state index contributed by atoms with van der Waals surface area (Å²) in [5.41, 5.74) is 1.33. The monoisotopic (exact) mass is 279 g/mol. The molecule has 0 bridgehead atoms. The van der Waals surface area contributed by atoms with E-state index in [1.807, 2.05) is 0 Å². The molecule has 100 valence electrons. The molecule has 1 aliphatic rings. The van der Waals surface area contributed by atoms with Gasteiger partial charge in [0.1, 0.15) is 6.10 Å². The largest absolute Gasteiger partial charge is 0.383 e. The number of hydrogen-bond acceptors (Lipinski definition) is 4. The zero-order valence-corrected chi connectivity index (χ0v) is 11.3. The van der Waals surface area contributed by atoms with Gasteiger partial charge in [-0.2, -0.15) is 13.5 Å². The standard InChI is InChI=1S/C12H13N3O3S/c1-14-7-9-11(16)8-5-3-4-6-10(8)15(2)19(17,18)12(9)13-14/h3-7,11,16H,1-2H3. The van der Waals surface area contributed by atoms with Crippen LogP contribution in [0.25, 0.3) is 0 Å². The normalized spacial score (nSPS) is 20.6. The molecule has 3 rings (SSSR count). The molecule has 0 fully saturated rings. The molecule has 1 aromatic heterocycles. The maximum absolute atomic E-state index is 12.5. The van der Waals surface area contributed by atoms with Crippen LogP contribution in [-0.4, -0.2) is 30.4 Å². The van der Waals surface area contributed by atoms with E-state index in [-0.39, 0.29) is 5.03 Å². The Bertz CT molecular complexity index is 751. The van der Waals surface area contributed by atoms with Crippen molar-refractivity contribution in [3.63, 3.8) is 0 Å². The molecule has 1 atom stereocenters. The van der Waals surface area contributed by atoms with E-state index in [1.165, 1.54) is 17.9 Å². The van der Waals surface area contributed by atoms with E-state index < -0.39 is 16.1 Å². The lowest BCUT2D eigenvalue weighted by Crippen LogP contribution is -2.27. The second kappa shape index (κ2) is 3.82. The lowest BCUT2D eigenvalue weighted by molar-refractivity contribution is 0.218. The zero-order valence-electron chi connectivity index (χ0n) is 10.5. The van der Waals surface area contributed by atoms with Crippen molar-refractivity contribution >= 4 is 15.7 Å². The Morgan fingerprint density at radius 3 is 2.63 bits per heavy atom. The predicted molar refractivity (Wildman–Crippen MR) is 69.3 cm³/mol. The smallest absolute Gasteiger partial charge is 0.283 e. The number of fused-ring (bicyclic) bond motifs is 2. The molecule has 0 aliphatic carbocycles. The Balaban J connectivity index is 2.40. The molecule has 0 radical (unpaired) electrons. The summed E-state index contributed by atoms with van der Waals surface area (Å²) in [6.07, 6.45) is 0.535. The van der Waals surface area contributed by atoms with Gasteiger partial charge in [-0.15, -0.1) is 0 Å². The number of nitrogens with zero attached hydrogens (tertiary/aromatic N) is 3. The van der Waals surface area contributed by atoms with Crippen molar-refractivity contribution in [3.8, 4) is 0 Å². The summed E-state index contributed by atoms with van der Waals surface area (Å²) in [6.45, 7) is 0. The van der Waals surface area contributed by atoms with E-state index in [0.717, 1.165) is 4.31 Å². The Hall–Kier alpha value is -1.86. The van der Waals surface area contributed by atoms with Crippen LogP contribution in [0, 0.1) is 0 Å². The quantitative estimate of drug-likeness (QED) is 0.768.